The van der Waals surface area contributed by atoms with Gasteiger partial charge in [-0.05, 0) is 64.8 Å². The molecule has 0 saturated carbocycles. The molecule has 1 atom stereocenters. The summed E-state index contributed by atoms with van der Waals surface area (Å²) in [7, 11) is 0. The molecular formula is C24H27N3O3. The third kappa shape index (κ3) is 4.27. The maximum Gasteiger partial charge on any atom is 0.342 e. The Hall–Kier alpha value is -3.41. The van der Waals surface area contributed by atoms with E-state index in [-0.39, 0.29) is 5.91 Å². The zero-order valence-corrected chi connectivity index (χ0v) is 18.2. The van der Waals surface area contributed by atoms with Crippen LogP contribution in [0.25, 0.3) is 5.69 Å². The van der Waals surface area contributed by atoms with Crippen LogP contribution in [0.15, 0.2) is 42.5 Å². The van der Waals surface area contributed by atoms with Gasteiger partial charge in [-0.3, -0.25) is 4.79 Å². The summed E-state index contributed by atoms with van der Waals surface area (Å²) in [6.45, 7) is 11.0. The lowest BCUT2D eigenvalue weighted by molar-refractivity contribution is -0.123. The fourth-order valence-corrected chi connectivity index (χ4v) is 3.63. The summed E-state index contributed by atoms with van der Waals surface area (Å²) < 4.78 is 7.18. The molecule has 0 aliphatic rings. The maximum absolute atomic E-state index is 12.8. The number of nitrogens with one attached hydrogen (secondary N) is 1. The molecule has 3 aromatic rings. The highest BCUT2D eigenvalue weighted by Gasteiger charge is 2.25. The molecule has 0 radical (unpaired) electrons. The highest BCUT2D eigenvalue weighted by atomic mass is 16.5. The molecule has 0 spiro atoms. The lowest BCUT2D eigenvalue weighted by atomic mass is 10.0. The van der Waals surface area contributed by atoms with Gasteiger partial charge in [-0.1, -0.05) is 35.9 Å². The summed E-state index contributed by atoms with van der Waals surface area (Å²) in [5.41, 5.74) is 6.27. The van der Waals surface area contributed by atoms with E-state index in [1.165, 1.54) is 0 Å². The van der Waals surface area contributed by atoms with Crippen molar-refractivity contribution in [3.8, 4) is 5.69 Å². The van der Waals surface area contributed by atoms with Gasteiger partial charge in [-0.25, -0.2) is 9.48 Å². The lowest BCUT2D eigenvalue weighted by Gasteiger charge is -2.17. The number of hydrogen-bond donors (Lipinski definition) is 1. The number of para-hydroxylation sites is 1. The van der Waals surface area contributed by atoms with E-state index in [2.05, 4.69) is 10.4 Å². The van der Waals surface area contributed by atoms with Crippen molar-refractivity contribution >= 4 is 17.6 Å². The summed E-state index contributed by atoms with van der Waals surface area (Å²) in [6, 6.07) is 13.6. The van der Waals surface area contributed by atoms with Crippen molar-refractivity contribution in [2.24, 2.45) is 0 Å². The maximum atomic E-state index is 12.8. The van der Waals surface area contributed by atoms with E-state index in [1.807, 2.05) is 70.2 Å². The Morgan fingerprint density at radius 3 is 2.20 bits per heavy atom. The Balaban J connectivity index is 1.76. The first kappa shape index (κ1) is 21.3. The second-order valence-corrected chi connectivity index (χ2v) is 7.60. The number of rotatable bonds is 5. The first-order chi connectivity index (χ1) is 14.2. The number of esters is 1. The molecule has 2 aromatic carbocycles. The Kier molecular flexibility index (Phi) is 6.06. The number of anilines is 1. The molecule has 1 amide bonds. The number of benzene rings is 2. The molecule has 30 heavy (non-hydrogen) atoms. The van der Waals surface area contributed by atoms with Gasteiger partial charge in [0.15, 0.2) is 6.10 Å². The molecule has 1 N–H and O–H groups in total. The highest BCUT2D eigenvalue weighted by molar-refractivity contribution is 5.99. The molecule has 3 rings (SSSR count). The second-order valence-electron chi connectivity index (χ2n) is 7.60. The summed E-state index contributed by atoms with van der Waals surface area (Å²) in [5.74, 6) is -0.934. The van der Waals surface area contributed by atoms with Gasteiger partial charge >= 0.3 is 5.97 Å². The minimum absolute atomic E-state index is 0.371. The summed E-state index contributed by atoms with van der Waals surface area (Å²) in [6.07, 6.45) is -0.948. The van der Waals surface area contributed by atoms with E-state index >= 15 is 0 Å². The minimum Gasteiger partial charge on any atom is -0.449 e. The monoisotopic (exact) mass is 405 g/mol. The number of carbonyl (C=O) groups is 2. The fraction of sp³-hybridized carbons (Fsp3) is 0.292. The molecule has 156 valence electrons. The number of nitrogens with zero attached hydrogens (tertiary/aromatic N) is 2. The van der Waals surface area contributed by atoms with E-state index < -0.39 is 12.1 Å². The Morgan fingerprint density at radius 2 is 1.60 bits per heavy atom. The standard InChI is InChI=1S/C24H27N3O3/c1-14-12-15(2)22(16(3)13-14)25-23(28)19(6)30-24(29)21-17(4)26-27(18(21)5)20-10-8-7-9-11-20/h7-13,19H,1-6H3,(H,25,28)/t19-/m1/s1. The van der Waals surface area contributed by atoms with Crippen LogP contribution >= 0.6 is 0 Å². The molecule has 6 nitrogen and oxygen atoms in total. The molecule has 0 saturated heterocycles. The van der Waals surface area contributed by atoms with Crippen LogP contribution in [0.5, 0.6) is 0 Å². The number of aromatic nitrogens is 2. The molecular weight excluding hydrogens is 378 g/mol. The molecule has 0 aliphatic carbocycles. The Morgan fingerprint density at radius 1 is 1.00 bits per heavy atom. The third-order valence-electron chi connectivity index (χ3n) is 5.07. The molecule has 1 heterocycles. The van der Waals surface area contributed by atoms with Crippen LogP contribution in [-0.4, -0.2) is 27.8 Å². The lowest BCUT2D eigenvalue weighted by Crippen LogP contribution is -2.30. The molecule has 0 fully saturated rings. The number of amides is 1. The minimum atomic E-state index is -0.948. The van der Waals surface area contributed by atoms with Gasteiger partial charge in [-0.15, -0.1) is 0 Å². The van der Waals surface area contributed by atoms with E-state index in [4.69, 9.17) is 4.74 Å². The second kappa shape index (κ2) is 8.53. The van der Waals surface area contributed by atoms with Gasteiger partial charge in [0.25, 0.3) is 5.91 Å². The van der Waals surface area contributed by atoms with Crippen LogP contribution in [0.2, 0.25) is 0 Å². The molecule has 0 unspecified atom stereocenters. The van der Waals surface area contributed by atoms with E-state index in [0.29, 0.717) is 17.0 Å². The Bertz CT molecular complexity index is 1080. The van der Waals surface area contributed by atoms with Gasteiger partial charge in [0, 0.05) is 5.69 Å². The average molecular weight is 405 g/mol. The third-order valence-corrected chi connectivity index (χ3v) is 5.07. The van der Waals surface area contributed by atoms with Crippen molar-refractivity contribution in [1.82, 2.24) is 9.78 Å². The van der Waals surface area contributed by atoms with Crippen molar-refractivity contribution in [1.29, 1.82) is 0 Å². The number of ether oxygens (including phenoxy) is 1. The smallest absolute Gasteiger partial charge is 0.342 e. The number of aryl methyl sites for hydroxylation is 4. The SMILES string of the molecule is Cc1cc(C)c(NC(=O)[C@@H](C)OC(=O)c2c(C)nn(-c3ccccc3)c2C)c(C)c1. The van der Waals surface area contributed by atoms with Crippen LogP contribution < -0.4 is 5.32 Å². The first-order valence-electron chi connectivity index (χ1n) is 9.90. The molecule has 0 bridgehead atoms. The summed E-state index contributed by atoms with van der Waals surface area (Å²) >= 11 is 0. The number of hydrogen-bond acceptors (Lipinski definition) is 4. The molecule has 6 heteroatoms. The van der Waals surface area contributed by atoms with Gasteiger partial charge in [-0.2, -0.15) is 5.10 Å². The zero-order valence-electron chi connectivity index (χ0n) is 18.2. The predicted molar refractivity (Wildman–Crippen MR) is 117 cm³/mol. The van der Waals surface area contributed by atoms with Crippen LogP contribution in [0.3, 0.4) is 0 Å². The van der Waals surface area contributed by atoms with Crippen LogP contribution in [0.1, 0.15) is 45.4 Å². The van der Waals surface area contributed by atoms with E-state index in [9.17, 15) is 9.59 Å². The van der Waals surface area contributed by atoms with E-state index in [1.54, 1.807) is 18.5 Å². The molecule has 1 aromatic heterocycles. The van der Waals surface area contributed by atoms with Crippen molar-refractivity contribution < 1.29 is 14.3 Å². The summed E-state index contributed by atoms with van der Waals surface area (Å²) in [4.78, 5) is 25.5. The zero-order chi connectivity index (χ0) is 22.0. The van der Waals surface area contributed by atoms with Crippen molar-refractivity contribution in [3.63, 3.8) is 0 Å². The van der Waals surface area contributed by atoms with Crippen molar-refractivity contribution in [3.05, 3.63) is 76.1 Å². The molecule has 0 aliphatic heterocycles. The predicted octanol–water partition coefficient (Wildman–Crippen LogP) is 4.60. The topological polar surface area (TPSA) is 73.2 Å². The van der Waals surface area contributed by atoms with Gasteiger partial charge in [0.2, 0.25) is 0 Å². The normalized spacial score (nSPS) is 11.8. The highest BCUT2D eigenvalue weighted by Crippen LogP contribution is 2.23. The average Bonchev–Trinajstić information content (AvgIpc) is 2.99. The van der Waals surface area contributed by atoms with E-state index in [0.717, 1.165) is 28.1 Å². The van der Waals surface area contributed by atoms with Crippen LogP contribution in [0.4, 0.5) is 5.69 Å². The van der Waals surface area contributed by atoms with Crippen molar-refractivity contribution in [2.45, 2.75) is 47.6 Å². The summed E-state index contributed by atoms with van der Waals surface area (Å²) in [5, 5.41) is 7.35. The fourth-order valence-electron chi connectivity index (χ4n) is 3.63. The van der Waals surface area contributed by atoms with Crippen LogP contribution in [0, 0.1) is 34.6 Å². The van der Waals surface area contributed by atoms with Crippen LogP contribution in [-0.2, 0) is 9.53 Å². The van der Waals surface area contributed by atoms with Gasteiger partial charge in [0.05, 0.1) is 17.1 Å². The Labute approximate surface area is 176 Å². The number of carbonyl (C=O) groups excluding carboxylic acids is 2. The van der Waals surface area contributed by atoms with Gasteiger partial charge in [0.1, 0.15) is 5.56 Å². The quantitative estimate of drug-likeness (QED) is 0.630. The van der Waals surface area contributed by atoms with Gasteiger partial charge < -0.3 is 10.1 Å². The first-order valence-corrected chi connectivity index (χ1v) is 9.90. The van der Waals surface area contributed by atoms with Crippen molar-refractivity contribution in [2.75, 3.05) is 5.32 Å². The largest absolute Gasteiger partial charge is 0.449 e.